The molecule has 1 N–H and O–H groups in total. The standard InChI is InChI=1S/C22H21N7O2/c1-14-8-16(4-5-17(14)10-23)19-6-7-29(26-19)12-15(2)25-22(30)20-9-21(31-27-20)18-11-24-28(3)13-18/h4-9,11,13,15H,12H2,1-3H3,(H,25,30)/t15-/m0/s1. The second-order valence-corrected chi connectivity index (χ2v) is 7.42. The van der Waals surface area contributed by atoms with Gasteiger partial charge in [-0.2, -0.15) is 15.5 Å². The van der Waals surface area contributed by atoms with Crippen LogP contribution in [0.3, 0.4) is 0 Å². The molecule has 156 valence electrons. The summed E-state index contributed by atoms with van der Waals surface area (Å²) in [5.74, 6) is 0.168. The third-order valence-electron chi connectivity index (χ3n) is 4.85. The third kappa shape index (κ3) is 4.38. The number of carbonyl (C=O) groups excluding carboxylic acids is 1. The van der Waals surface area contributed by atoms with Gasteiger partial charge in [0.2, 0.25) is 0 Å². The molecule has 31 heavy (non-hydrogen) atoms. The smallest absolute Gasteiger partial charge is 0.273 e. The zero-order valence-corrected chi connectivity index (χ0v) is 17.4. The van der Waals surface area contributed by atoms with Crippen LogP contribution in [0.5, 0.6) is 0 Å². The molecule has 1 aromatic carbocycles. The van der Waals surface area contributed by atoms with Crippen LogP contribution >= 0.6 is 0 Å². The lowest BCUT2D eigenvalue weighted by Gasteiger charge is -2.12. The fourth-order valence-electron chi connectivity index (χ4n) is 3.26. The molecule has 0 aliphatic heterocycles. The van der Waals surface area contributed by atoms with Gasteiger partial charge < -0.3 is 9.84 Å². The number of hydrogen-bond acceptors (Lipinski definition) is 6. The zero-order valence-electron chi connectivity index (χ0n) is 17.4. The maximum Gasteiger partial charge on any atom is 0.273 e. The monoisotopic (exact) mass is 415 g/mol. The molecule has 0 radical (unpaired) electrons. The number of amides is 1. The molecule has 9 heteroatoms. The van der Waals surface area contributed by atoms with Crippen LogP contribution in [0.25, 0.3) is 22.6 Å². The lowest BCUT2D eigenvalue weighted by atomic mass is 10.0. The highest BCUT2D eigenvalue weighted by Crippen LogP contribution is 2.21. The van der Waals surface area contributed by atoms with Crippen LogP contribution in [0.1, 0.15) is 28.5 Å². The Balaban J connectivity index is 1.39. The third-order valence-corrected chi connectivity index (χ3v) is 4.85. The van der Waals surface area contributed by atoms with Gasteiger partial charge in [-0.25, -0.2) is 0 Å². The van der Waals surface area contributed by atoms with E-state index in [-0.39, 0.29) is 17.6 Å². The molecule has 0 bridgehead atoms. The molecule has 1 amide bonds. The van der Waals surface area contributed by atoms with Gasteiger partial charge in [-0.15, -0.1) is 0 Å². The summed E-state index contributed by atoms with van der Waals surface area (Å²) in [6, 6.07) is 11.1. The van der Waals surface area contributed by atoms with Crippen molar-refractivity contribution in [2.24, 2.45) is 7.05 Å². The minimum atomic E-state index is -0.318. The second-order valence-electron chi connectivity index (χ2n) is 7.42. The van der Waals surface area contributed by atoms with Gasteiger partial charge in [-0.3, -0.25) is 14.2 Å². The molecular weight excluding hydrogens is 394 g/mol. The second kappa shape index (κ2) is 8.28. The summed E-state index contributed by atoms with van der Waals surface area (Å²) in [5, 5.41) is 24.5. The van der Waals surface area contributed by atoms with Crippen LogP contribution in [-0.4, -0.2) is 36.7 Å². The molecule has 0 fully saturated rings. The molecule has 9 nitrogen and oxygen atoms in total. The molecule has 0 unspecified atom stereocenters. The predicted molar refractivity (Wildman–Crippen MR) is 113 cm³/mol. The van der Waals surface area contributed by atoms with E-state index in [0.717, 1.165) is 22.4 Å². The molecule has 0 saturated heterocycles. The van der Waals surface area contributed by atoms with Crippen molar-refractivity contribution in [3.05, 3.63) is 65.7 Å². The van der Waals surface area contributed by atoms with Crippen LogP contribution in [-0.2, 0) is 13.6 Å². The van der Waals surface area contributed by atoms with Crippen molar-refractivity contribution in [3.8, 4) is 28.7 Å². The summed E-state index contributed by atoms with van der Waals surface area (Å²) >= 11 is 0. The number of nitrogens with zero attached hydrogens (tertiary/aromatic N) is 6. The lowest BCUT2D eigenvalue weighted by Crippen LogP contribution is -2.36. The zero-order chi connectivity index (χ0) is 22.0. The summed E-state index contributed by atoms with van der Waals surface area (Å²) in [4.78, 5) is 12.5. The molecule has 0 aliphatic rings. The van der Waals surface area contributed by atoms with Crippen LogP contribution < -0.4 is 5.32 Å². The molecule has 0 aliphatic carbocycles. The Labute approximate surface area is 178 Å². The van der Waals surface area contributed by atoms with Crippen molar-refractivity contribution in [3.63, 3.8) is 0 Å². The Hall–Kier alpha value is -4.19. The maximum atomic E-state index is 12.5. The van der Waals surface area contributed by atoms with E-state index in [0.29, 0.717) is 17.9 Å². The minimum Gasteiger partial charge on any atom is -0.355 e. The van der Waals surface area contributed by atoms with E-state index in [1.165, 1.54) is 0 Å². The van der Waals surface area contributed by atoms with Gasteiger partial charge in [-0.1, -0.05) is 11.2 Å². The van der Waals surface area contributed by atoms with E-state index in [4.69, 9.17) is 9.78 Å². The summed E-state index contributed by atoms with van der Waals surface area (Å²) in [5.41, 5.74) is 4.28. The Kier molecular flexibility index (Phi) is 5.37. The maximum absolute atomic E-state index is 12.5. The van der Waals surface area contributed by atoms with Gasteiger partial charge in [0.1, 0.15) is 0 Å². The summed E-state index contributed by atoms with van der Waals surface area (Å²) < 4.78 is 8.69. The fourth-order valence-corrected chi connectivity index (χ4v) is 3.26. The Morgan fingerprint density at radius 1 is 1.29 bits per heavy atom. The SMILES string of the molecule is Cc1cc(-c2ccn(C[C@H](C)NC(=O)c3cc(-c4cnn(C)c4)on3)n2)ccc1C#N. The first-order valence-corrected chi connectivity index (χ1v) is 9.74. The predicted octanol–water partition coefficient (Wildman–Crippen LogP) is 2.94. The topological polar surface area (TPSA) is 115 Å². The van der Waals surface area contributed by atoms with E-state index < -0.39 is 0 Å². The van der Waals surface area contributed by atoms with Crippen molar-refractivity contribution >= 4 is 5.91 Å². The fraction of sp³-hybridized carbons (Fsp3) is 0.227. The molecule has 4 aromatic rings. The number of aromatic nitrogens is 5. The van der Waals surface area contributed by atoms with Crippen LogP contribution in [0, 0.1) is 18.3 Å². The van der Waals surface area contributed by atoms with Crippen LogP contribution in [0.4, 0.5) is 0 Å². The first-order chi connectivity index (χ1) is 14.9. The van der Waals surface area contributed by atoms with E-state index in [2.05, 4.69) is 26.7 Å². The molecule has 0 saturated carbocycles. The number of carbonyl (C=O) groups is 1. The average Bonchev–Trinajstić information content (AvgIpc) is 3.48. The summed E-state index contributed by atoms with van der Waals surface area (Å²) in [6.45, 7) is 4.29. The molecule has 3 aromatic heterocycles. The molecule has 1 atom stereocenters. The number of rotatable bonds is 6. The largest absolute Gasteiger partial charge is 0.355 e. The van der Waals surface area contributed by atoms with Crippen molar-refractivity contribution in [2.75, 3.05) is 0 Å². The Bertz CT molecular complexity index is 1280. The van der Waals surface area contributed by atoms with Gasteiger partial charge in [0.25, 0.3) is 5.91 Å². The summed E-state index contributed by atoms with van der Waals surface area (Å²) in [6.07, 6.45) is 5.30. The Morgan fingerprint density at radius 3 is 2.84 bits per heavy atom. The van der Waals surface area contributed by atoms with E-state index in [1.807, 2.05) is 38.2 Å². The van der Waals surface area contributed by atoms with Gasteiger partial charge in [0.05, 0.1) is 35.6 Å². The number of nitrogens with one attached hydrogen (secondary N) is 1. The first kappa shape index (κ1) is 20.1. The number of hydrogen-bond donors (Lipinski definition) is 1. The highest BCUT2D eigenvalue weighted by molar-refractivity contribution is 5.93. The van der Waals surface area contributed by atoms with Gasteiger partial charge in [-0.05, 0) is 37.6 Å². The average molecular weight is 415 g/mol. The Morgan fingerprint density at radius 2 is 2.13 bits per heavy atom. The quantitative estimate of drug-likeness (QED) is 0.518. The highest BCUT2D eigenvalue weighted by Gasteiger charge is 2.17. The van der Waals surface area contributed by atoms with Crippen LogP contribution in [0.2, 0.25) is 0 Å². The molecule has 0 spiro atoms. The van der Waals surface area contributed by atoms with Crippen molar-refractivity contribution in [2.45, 2.75) is 26.4 Å². The molecule has 4 rings (SSSR count). The van der Waals surface area contributed by atoms with Gasteiger partial charge in [0, 0.05) is 37.1 Å². The molecule has 3 heterocycles. The van der Waals surface area contributed by atoms with E-state index in [1.54, 1.807) is 40.9 Å². The lowest BCUT2D eigenvalue weighted by molar-refractivity contribution is 0.0927. The van der Waals surface area contributed by atoms with Gasteiger partial charge >= 0.3 is 0 Å². The van der Waals surface area contributed by atoms with E-state index in [9.17, 15) is 4.79 Å². The van der Waals surface area contributed by atoms with Crippen LogP contribution in [0.15, 0.2) is 53.4 Å². The number of nitriles is 1. The molecular formula is C22H21N7O2. The normalized spacial score (nSPS) is 11.8. The van der Waals surface area contributed by atoms with E-state index >= 15 is 0 Å². The first-order valence-electron chi connectivity index (χ1n) is 9.74. The summed E-state index contributed by atoms with van der Waals surface area (Å²) in [7, 11) is 1.80. The minimum absolute atomic E-state index is 0.179. The van der Waals surface area contributed by atoms with Crippen molar-refractivity contribution in [1.29, 1.82) is 5.26 Å². The number of benzene rings is 1. The van der Waals surface area contributed by atoms with Crippen molar-refractivity contribution in [1.82, 2.24) is 30.0 Å². The number of aryl methyl sites for hydroxylation is 2. The highest BCUT2D eigenvalue weighted by atomic mass is 16.5. The van der Waals surface area contributed by atoms with Crippen molar-refractivity contribution < 1.29 is 9.32 Å². The van der Waals surface area contributed by atoms with Gasteiger partial charge in [0.15, 0.2) is 11.5 Å².